The third-order valence-corrected chi connectivity index (χ3v) is 3.16. The van der Waals surface area contributed by atoms with Crippen molar-refractivity contribution in [2.75, 3.05) is 6.54 Å². The molecule has 0 fully saturated rings. The first kappa shape index (κ1) is 15.5. The lowest BCUT2D eigenvalue weighted by atomic mass is 10.2. The Morgan fingerprint density at radius 2 is 2.14 bits per heavy atom. The maximum Gasteiger partial charge on any atom is 0.257 e. The summed E-state index contributed by atoms with van der Waals surface area (Å²) < 4.78 is 5.20. The number of nitrogens with two attached hydrogens (primary N) is 1. The Kier molecular flexibility index (Phi) is 5.30. The number of carbonyl (C=O) groups excluding carboxylic acids is 1. The highest BCUT2D eigenvalue weighted by molar-refractivity contribution is 6.30. The van der Waals surface area contributed by atoms with Crippen LogP contribution in [0.1, 0.15) is 31.6 Å². The summed E-state index contributed by atoms with van der Waals surface area (Å²) in [6, 6.07) is 6.77. The largest absolute Gasteiger partial charge is 0.346 e. The molecule has 1 aromatic heterocycles. The van der Waals surface area contributed by atoms with Crippen LogP contribution in [0.25, 0.3) is 11.5 Å². The number of carbonyl (C=O) groups is 1. The number of benzene rings is 1. The molecule has 1 amide bonds. The third kappa shape index (κ3) is 4.27. The number of hydrogen-bond acceptors (Lipinski definition) is 5. The van der Waals surface area contributed by atoms with Crippen molar-refractivity contribution < 1.29 is 9.32 Å². The summed E-state index contributed by atoms with van der Waals surface area (Å²) in [6.07, 6.45) is 1.05. The summed E-state index contributed by atoms with van der Waals surface area (Å²) >= 11 is 5.83. The fraction of sp³-hybridized carbons (Fsp3) is 0.357. The molecule has 0 aliphatic heterocycles. The van der Waals surface area contributed by atoms with E-state index in [0.717, 1.165) is 5.56 Å². The number of hydrogen-bond donors (Lipinski definition) is 2. The van der Waals surface area contributed by atoms with Gasteiger partial charge in [0.1, 0.15) is 0 Å². The highest BCUT2D eigenvalue weighted by atomic mass is 35.5. The minimum Gasteiger partial charge on any atom is -0.346 e. The van der Waals surface area contributed by atoms with Crippen LogP contribution in [0.5, 0.6) is 0 Å². The zero-order chi connectivity index (χ0) is 15.2. The Bertz CT molecular complexity index is 597. The van der Waals surface area contributed by atoms with Crippen molar-refractivity contribution in [2.24, 2.45) is 5.73 Å². The zero-order valence-corrected chi connectivity index (χ0v) is 12.4. The van der Waals surface area contributed by atoms with Crippen LogP contribution in [0.15, 0.2) is 28.8 Å². The lowest BCUT2D eigenvalue weighted by Gasteiger charge is -2.09. The molecule has 0 spiro atoms. The Hall–Kier alpha value is -1.92. The van der Waals surface area contributed by atoms with Gasteiger partial charge in [0.25, 0.3) is 5.89 Å². The van der Waals surface area contributed by atoms with Crippen LogP contribution in [0, 0.1) is 0 Å². The molecule has 0 saturated carbocycles. The van der Waals surface area contributed by atoms with E-state index in [0.29, 0.717) is 36.1 Å². The van der Waals surface area contributed by atoms with Crippen molar-refractivity contribution in [2.45, 2.75) is 25.8 Å². The van der Waals surface area contributed by atoms with Gasteiger partial charge in [0, 0.05) is 17.0 Å². The van der Waals surface area contributed by atoms with Gasteiger partial charge in [-0.15, -0.1) is 0 Å². The highest BCUT2D eigenvalue weighted by Crippen LogP contribution is 2.21. The molecular weight excluding hydrogens is 292 g/mol. The second-order valence-electron chi connectivity index (χ2n) is 4.65. The van der Waals surface area contributed by atoms with Gasteiger partial charge in [-0.05, 0) is 44.2 Å². The minimum absolute atomic E-state index is 0.0780. The fourth-order valence-electron chi connectivity index (χ4n) is 1.76. The Morgan fingerprint density at radius 3 is 2.81 bits per heavy atom. The second kappa shape index (κ2) is 7.19. The molecule has 0 bridgehead atoms. The van der Waals surface area contributed by atoms with Crippen molar-refractivity contribution in [1.82, 2.24) is 15.5 Å². The molecule has 0 aliphatic carbocycles. The highest BCUT2D eigenvalue weighted by Gasteiger charge is 2.16. The van der Waals surface area contributed by atoms with E-state index in [1.165, 1.54) is 0 Å². The van der Waals surface area contributed by atoms with Crippen molar-refractivity contribution in [3.8, 4) is 11.5 Å². The molecule has 21 heavy (non-hydrogen) atoms. The predicted octanol–water partition coefficient (Wildman–Crippen LogP) is 2.31. The molecule has 6 nitrogen and oxygen atoms in total. The molecule has 1 aromatic carbocycles. The Labute approximate surface area is 127 Å². The molecule has 3 N–H and O–H groups in total. The maximum atomic E-state index is 11.6. The van der Waals surface area contributed by atoms with Crippen molar-refractivity contribution in [3.05, 3.63) is 35.1 Å². The SMILES string of the molecule is CC(NC(=O)CCCN)c1noc(-c2ccc(Cl)cc2)n1. The van der Waals surface area contributed by atoms with Gasteiger partial charge in [0.15, 0.2) is 5.82 Å². The van der Waals surface area contributed by atoms with E-state index >= 15 is 0 Å². The monoisotopic (exact) mass is 308 g/mol. The van der Waals surface area contributed by atoms with Crippen molar-refractivity contribution in [1.29, 1.82) is 0 Å². The number of nitrogens with zero attached hydrogens (tertiary/aromatic N) is 2. The Morgan fingerprint density at radius 1 is 1.43 bits per heavy atom. The fourth-order valence-corrected chi connectivity index (χ4v) is 1.89. The first-order chi connectivity index (χ1) is 10.1. The number of nitrogens with one attached hydrogen (secondary N) is 1. The van der Waals surface area contributed by atoms with Crippen LogP contribution in [-0.4, -0.2) is 22.6 Å². The molecule has 1 heterocycles. The third-order valence-electron chi connectivity index (χ3n) is 2.91. The summed E-state index contributed by atoms with van der Waals surface area (Å²) in [4.78, 5) is 15.9. The number of rotatable bonds is 6. The van der Waals surface area contributed by atoms with E-state index in [1.54, 1.807) is 31.2 Å². The summed E-state index contributed by atoms with van der Waals surface area (Å²) in [6.45, 7) is 2.29. The zero-order valence-electron chi connectivity index (χ0n) is 11.7. The number of amides is 1. The molecule has 1 atom stereocenters. The van der Waals surface area contributed by atoms with E-state index < -0.39 is 0 Å². The van der Waals surface area contributed by atoms with Gasteiger partial charge >= 0.3 is 0 Å². The van der Waals surface area contributed by atoms with Crippen LogP contribution in [0.3, 0.4) is 0 Å². The smallest absolute Gasteiger partial charge is 0.257 e. The first-order valence-corrected chi connectivity index (χ1v) is 7.07. The van der Waals surface area contributed by atoms with Crippen LogP contribution < -0.4 is 11.1 Å². The number of halogens is 1. The molecule has 0 saturated heterocycles. The topological polar surface area (TPSA) is 94.0 Å². The van der Waals surface area contributed by atoms with E-state index in [9.17, 15) is 4.79 Å². The van der Waals surface area contributed by atoms with Crippen LogP contribution >= 0.6 is 11.6 Å². The molecule has 112 valence electrons. The number of aromatic nitrogens is 2. The second-order valence-corrected chi connectivity index (χ2v) is 5.08. The lowest BCUT2D eigenvalue weighted by Crippen LogP contribution is -2.27. The molecule has 0 radical (unpaired) electrons. The van der Waals surface area contributed by atoms with E-state index in [-0.39, 0.29) is 11.9 Å². The van der Waals surface area contributed by atoms with Gasteiger partial charge in [0.05, 0.1) is 6.04 Å². The quantitative estimate of drug-likeness (QED) is 0.854. The van der Waals surface area contributed by atoms with Crippen LogP contribution in [0.4, 0.5) is 0 Å². The van der Waals surface area contributed by atoms with Gasteiger partial charge in [-0.25, -0.2) is 0 Å². The molecule has 0 aliphatic rings. The molecule has 7 heteroatoms. The van der Waals surface area contributed by atoms with Crippen molar-refractivity contribution >= 4 is 17.5 Å². The lowest BCUT2D eigenvalue weighted by molar-refractivity contribution is -0.121. The molecule has 1 unspecified atom stereocenters. The van der Waals surface area contributed by atoms with Crippen LogP contribution in [0.2, 0.25) is 5.02 Å². The molecule has 2 rings (SSSR count). The summed E-state index contributed by atoms with van der Waals surface area (Å²) in [7, 11) is 0. The standard InChI is InChI=1S/C14H17ClN4O2/c1-9(17-12(20)3-2-8-16)13-18-14(21-19-13)10-4-6-11(15)7-5-10/h4-7,9H,2-3,8,16H2,1H3,(H,17,20). The maximum absolute atomic E-state index is 11.6. The van der Waals surface area contributed by atoms with Gasteiger partial charge < -0.3 is 15.6 Å². The van der Waals surface area contributed by atoms with Gasteiger partial charge in [0.2, 0.25) is 5.91 Å². The van der Waals surface area contributed by atoms with E-state index in [4.69, 9.17) is 21.9 Å². The summed E-state index contributed by atoms with van der Waals surface area (Å²) in [5.74, 6) is 0.747. The first-order valence-electron chi connectivity index (χ1n) is 6.69. The van der Waals surface area contributed by atoms with E-state index in [1.807, 2.05) is 0 Å². The Balaban J connectivity index is 2.02. The minimum atomic E-state index is -0.319. The summed E-state index contributed by atoms with van der Waals surface area (Å²) in [5.41, 5.74) is 6.15. The predicted molar refractivity (Wildman–Crippen MR) is 79.6 cm³/mol. The molecule has 2 aromatic rings. The van der Waals surface area contributed by atoms with Gasteiger partial charge in [-0.1, -0.05) is 16.8 Å². The summed E-state index contributed by atoms with van der Waals surface area (Å²) in [5, 5.41) is 7.33. The van der Waals surface area contributed by atoms with Gasteiger partial charge in [-0.3, -0.25) is 4.79 Å². The molecular formula is C14H17ClN4O2. The van der Waals surface area contributed by atoms with Gasteiger partial charge in [-0.2, -0.15) is 4.98 Å². The van der Waals surface area contributed by atoms with E-state index in [2.05, 4.69) is 15.5 Å². The average molecular weight is 309 g/mol. The average Bonchev–Trinajstić information content (AvgIpc) is 2.96. The van der Waals surface area contributed by atoms with Crippen LogP contribution in [-0.2, 0) is 4.79 Å². The normalized spacial score (nSPS) is 12.1. The van der Waals surface area contributed by atoms with Crippen molar-refractivity contribution in [3.63, 3.8) is 0 Å².